The van der Waals surface area contributed by atoms with E-state index in [4.69, 9.17) is 4.42 Å². The molecular formula is C14H16N4O3S. The zero-order valence-corrected chi connectivity index (χ0v) is 13.0. The minimum absolute atomic E-state index is 0.139. The molecule has 0 radical (unpaired) electrons. The summed E-state index contributed by atoms with van der Waals surface area (Å²) in [5, 5.41) is 3.86. The van der Waals surface area contributed by atoms with Gasteiger partial charge in [-0.15, -0.1) is 0 Å². The summed E-state index contributed by atoms with van der Waals surface area (Å²) in [7, 11) is -1.91. The minimum atomic E-state index is -3.58. The van der Waals surface area contributed by atoms with Crippen LogP contribution in [0.15, 0.2) is 46.0 Å². The number of nitrogens with one attached hydrogen (secondary N) is 1. The number of oxazole rings is 1. The lowest BCUT2D eigenvalue weighted by Gasteiger charge is -2.08. The summed E-state index contributed by atoms with van der Waals surface area (Å²) < 4.78 is 33.9. The number of rotatable bonds is 5. The van der Waals surface area contributed by atoms with E-state index < -0.39 is 10.0 Å². The fourth-order valence-corrected chi connectivity index (χ4v) is 3.16. The van der Waals surface area contributed by atoms with Gasteiger partial charge in [0.1, 0.15) is 10.4 Å². The Morgan fingerprint density at radius 3 is 2.82 bits per heavy atom. The highest BCUT2D eigenvalue weighted by Crippen LogP contribution is 2.21. The lowest BCUT2D eigenvalue weighted by Crippen LogP contribution is -2.27. The Hall–Kier alpha value is -2.19. The van der Waals surface area contributed by atoms with Gasteiger partial charge >= 0.3 is 0 Å². The topological polar surface area (TPSA) is 90.0 Å². The molecule has 116 valence electrons. The number of fused-ring (bicyclic) bond motifs is 1. The predicted octanol–water partition coefficient (Wildman–Crippen LogP) is 1.64. The molecule has 1 atom stereocenters. The molecule has 8 heteroatoms. The van der Waals surface area contributed by atoms with Gasteiger partial charge in [0.05, 0.1) is 6.20 Å². The van der Waals surface area contributed by atoms with Crippen molar-refractivity contribution in [1.82, 2.24) is 19.5 Å². The molecule has 0 saturated carbocycles. The van der Waals surface area contributed by atoms with E-state index in [1.807, 2.05) is 31.2 Å². The number of para-hydroxylation sites is 2. The van der Waals surface area contributed by atoms with Crippen molar-refractivity contribution in [3.63, 3.8) is 0 Å². The van der Waals surface area contributed by atoms with Crippen LogP contribution in [0.5, 0.6) is 0 Å². The van der Waals surface area contributed by atoms with Crippen LogP contribution < -0.4 is 4.72 Å². The van der Waals surface area contributed by atoms with E-state index in [-0.39, 0.29) is 17.4 Å². The third-order valence-corrected chi connectivity index (χ3v) is 4.68. The van der Waals surface area contributed by atoms with Gasteiger partial charge < -0.3 is 4.42 Å². The Labute approximate surface area is 128 Å². The van der Waals surface area contributed by atoms with E-state index in [1.165, 1.54) is 17.1 Å². The Morgan fingerprint density at radius 1 is 1.36 bits per heavy atom. The maximum absolute atomic E-state index is 12.1. The van der Waals surface area contributed by atoms with Gasteiger partial charge in [-0.2, -0.15) is 5.10 Å². The molecule has 0 amide bonds. The highest BCUT2D eigenvalue weighted by Gasteiger charge is 2.19. The predicted molar refractivity (Wildman–Crippen MR) is 80.8 cm³/mol. The van der Waals surface area contributed by atoms with Crippen LogP contribution in [0.25, 0.3) is 11.1 Å². The van der Waals surface area contributed by atoms with Crippen molar-refractivity contribution in [1.29, 1.82) is 0 Å². The first-order valence-corrected chi connectivity index (χ1v) is 8.28. The van der Waals surface area contributed by atoms with Gasteiger partial charge in [-0.05, 0) is 12.1 Å². The zero-order valence-electron chi connectivity index (χ0n) is 12.2. The molecule has 0 unspecified atom stereocenters. The number of aromatic nitrogens is 3. The van der Waals surface area contributed by atoms with Crippen molar-refractivity contribution < 1.29 is 12.8 Å². The first-order chi connectivity index (χ1) is 10.5. The highest BCUT2D eigenvalue weighted by molar-refractivity contribution is 7.89. The number of nitrogens with zero attached hydrogens (tertiary/aromatic N) is 3. The van der Waals surface area contributed by atoms with Crippen LogP contribution in [0.1, 0.15) is 18.7 Å². The summed E-state index contributed by atoms with van der Waals surface area (Å²) in [5.74, 6) is 0.328. The third-order valence-electron chi connectivity index (χ3n) is 3.30. The summed E-state index contributed by atoms with van der Waals surface area (Å²) in [5.41, 5.74) is 1.46. The molecule has 3 aromatic rings. The zero-order chi connectivity index (χ0) is 15.7. The van der Waals surface area contributed by atoms with E-state index >= 15 is 0 Å². The summed E-state index contributed by atoms with van der Waals surface area (Å²) in [6, 6.07) is 7.44. The van der Waals surface area contributed by atoms with Crippen molar-refractivity contribution in [2.75, 3.05) is 6.54 Å². The molecule has 0 bridgehead atoms. The van der Waals surface area contributed by atoms with E-state index in [9.17, 15) is 8.42 Å². The van der Waals surface area contributed by atoms with Crippen molar-refractivity contribution in [2.24, 2.45) is 7.05 Å². The summed E-state index contributed by atoms with van der Waals surface area (Å²) in [4.78, 5) is 4.51. The maximum Gasteiger partial charge on any atom is 0.243 e. The van der Waals surface area contributed by atoms with Gasteiger partial charge in [-0.25, -0.2) is 18.1 Å². The maximum atomic E-state index is 12.1. The molecule has 2 aromatic heterocycles. The van der Waals surface area contributed by atoms with Crippen LogP contribution in [0.2, 0.25) is 0 Å². The monoisotopic (exact) mass is 320 g/mol. The van der Waals surface area contributed by atoms with Crippen LogP contribution in [0, 0.1) is 0 Å². The SMILES string of the molecule is C[C@@H](CNS(=O)(=O)c1cnn(C)c1)c1nc2ccccc2o1. The molecule has 1 N–H and O–H groups in total. The Kier molecular flexibility index (Phi) is 3.71. The highest BCUT2D eigenvalue weighted by atomic mass is 32.2. The average molecular weight is 320 g/mol. The van der Waals surface area contributed by atoms with E-state index in [1.54, 1.807) is 7.05 Å². The number of aryl methyl sites for hydroxylation is 1. The molecule has 0 aliphatic carbocycles. The quantitative estimate of drug-likeness (QED) is 0.772. The smallest absolute Gasteiger partial charge is 0.243 e. The van der Waals surface area contributed by atoms with Gasteiger partial charge in [0.2, 0.25) is 10.0 Å². The van der Waals surface area contributed by atoms with Crippen LogP contribution >= 0.6 is 0 Å². The minimum Gasteiger partial charge on any atom is -0.440 e. The summed E-state index contributed by atoms with van der Waals surface area (Å²) >= 11 is 0. The van der Waals surface area contributed by atoms with Gasteiger partial charge in [0, 0.05) is 25.7 Å². The summed E-state index contributed by atoms with van der Waals surface area (Å²) in [6.45, 7) is 2.06. The lowest BCUT2D eigenvalue weighted by molar-refractivity contribution is 0.480. The molecule has 0 aliphatic rings. The number of hydrogen-bond donors (Lipinski definition) is 1. The second-order valence-corrected chi connectivity index (χ2v) is 6.89. The fourth-order valence-electron chi connectivity index (χ4n) is 2.04. The molecule has 2 heterocycles. The number of hydrogen-bond acceptors (Lipinski definition) is 5. The molecule has 0 fully saturated rings. The van der Waals surface area contributed by atoms with Gasteiger partial charge in [-0.3, -0.25) is 4.68 Å². The van der Waals surface area contributed by atoms with E-state index in [2.05, 4.69) is 14.8 Å². The Morgan fingerprint density at radius 2 is 2.14 bits per heavy atom. The van der Waals surface area contributed by atoms with Crippen molar-refractivity contribution in [3.05, 3.63) is 42.5 Å². The first kappa shape index (κ1) is 14.7. The third kappa shape index (κ3) is 2.88. The normalized spacial score (nSPS) is 13.5. The molecule has 1 aromatic carbocycles. The molecule has 7 nitrogen and oxygen atoms in total. The van der Waals surface area contributed by atoms with Gasteiger partial charge in [0.25, 0.3) is 0 Å². The second-order valence-electron chi connectivity index (χ2n) is 5.12. The van der Waals surface area contributed by atoms with E-state index in [0.29, 0.717) is 11.5 Å². The second kappa shape index (κ2) is 5.54. The van der Waals surface area contributed by atoms with Crippen LogP contribution in [-0.4, -0.2) is 29.7 Å². The fraction of sp³-hybridized carbons (Fsp3) is 0.286. The van der Waals surface area contributed by atoms with Gasteiger partial charge in [-0.1, -0.05) is 19.1 Å². The molecule has 0 spiro atoms. The van der Waals surface area contributed by atoms with E-state index in [0.717, 1.165) is 5.52 Å². The molecule has 0 aliphatic heterocycles. The number of sulfonamides is 1. The first-order valence-electron chi connectivity index (χ1n) is 6.79. The lowest BCUT2D eigenvalue weighted by atomic mass is 10.2. The Bertz CT molecular complexity index is 865. The van der Waals surface area contributed by atoms with Crippen molar-refractivity contribution in [2.45, 2.75) is 17.7 Å². The molecule has 22 heavy (non-hydrogen) atoms. The van der Waals surface area contributed by atoms with Crippen molar-refractivity contribution in [3.8, 4) is 0 Å². The Balaban J connectivity index is 1.73. The van der Waals surface area contributed by atoms with Crippen molar-refractivity contribution >= 4 is 21.1 Å². The number of benzene rings is 1. The molecule has 3 rings (SSSR count). The average Bonchev–Trinajstić information content (AvgIpc) is 3.11. The molecular weight excluding hydrogens is 304 g/mol. The largest absolute Gasteiger partial charge is 0.440 e. The summed E-state index contributed by atoms with van der Waals surface area (Å²) in [6.07, 6.45) is 2.76. The molecule has 0 saturated heterocycles. The standard InChI is InChI=1S/C14H16N4O3S/c1-10(14-17-12-5-3-4-6-13(12)21-14)7-16-22(19,20)11-8-15-18(2)9-11/h3-6,8-10,16H,7H2,1-2H3/t10-/m0/s1. The van der Waals surface area contributed by atoms with Crippen LogP contribution in [-0.2, 0) is 17.1 Å². The van der Waals surface area contributed by atoms with Crippen LogP contribution in [0.3, 0.4) is 0 Å². The van der Waals surface area contributed by atoms with Gasteiger partial charge in [0.15, 0.2) is 11.5 Å². The van der Waals surface area contributed by atoms with Crippen LogP contribution in [0.4, 0.5) is 0 Å².